The molecule has 23 atom stereocenters. The molecule has 0 aromatic rings. The van der Waals surface area contributed by atoms with Crippen molar-refractivity contribution in [2.45, 2.75) is 199 Å². The highest BCUT2D eigenvalue weighted by atomic mass is 16.8. The van der Waals surface area contributed by atoms with Crippen molar-refractivity contribution in [1.82, 2.24) is 4.90 Å². The fraction of sp³-hybridized carbons (Fsp3) is 0.930. The molecule has 22 nitrogen and oxygen atoms in total. The molecule has 4 saturated heterocycles. The van der Waals surface area contributed by atoms with Gasteiger partial charge >= 0.3 is 5.97 Å². The quantitative estimate of drug-likeness (QED) is 0.0467. The Morgan fingerprint density at radius 2 is 1.32 bits per heavy atom. The van der Waals surface area contributed by atoms with Crippen LogP contribution in [0, 0.1) is 17.8 Å². The number of fused-ring (bicyclic) bond motifs is 1. The molecule has 3 saturated carbocycles. The summed E-state index contributed by atoms with van der Waals surface area (Å²) in [4.78, 5) is 14.8. The van der Waals surface area contributed by atoms with Crippen LogP contribution in [0.3, 0.4) is 0 Å². The van der Waals surface area contributed by atoms with Crippen LogP contribution in [0.5, 0.6) is 0 Å². The lowest BCUT2D eigenvalue weighted by Crippen LogP contribution is -2.65. The highest BCUT2D eigenvalue weighted by Gasteiger charge is 2.56. The second kappa shape index (κ2) is 22.4. The van der Waals surface area contributed by atoms with Gasteiger partial charge in [-0.25, -0.2) is 4.79 Å². The Labute approximate surface area is 377 Å². The molecule has 7 aliphatic rings. The lowest BCUT2D eigenvalue weighted by Gasteiger charge is -2.49. The van der Waals surface area contributed by atoms with Crippen molar-refractivity contribution < 1.29 is 104 Å². The van der Waals surface area contributed by atoms with E-state index in [4.69, 9.17) is 37.9 Å². The fourth-order valence-electron chi connectivity index (χ4n) is 10.6. The number of aliphatic hydroxyl groups excluding tert-OH is 12. The van der Waals surface area contributed by atoms with Crippen LogP contribution in [0.15, 0.2) is 12.2 Å². The summed E-state index contributed by atoms with van der Waals surface area (Å²) in [7, 11) is 4.08. The van der Waals surface area contributed by atoms with Crippen molar-refractivity contribution in [3.05, 3.63) is 12.2 Å². The van der Waals surface area contributed by atoms with Crippen molar-refractivity contribution >= 4 is 5.97 Å². The largest absolute Gasteiger partial charge is 0.460 e. The molecular weight excluding hydrogens is 866 g/mol. The van der Waals surface area contributed by atoms with E-state index in [-0.39, 0.29) is 43.9 Å². The Morgan fingerprint density at radius 1 is 0.646 bits per heavy atom. The van der Waals surface area contributed by atoms with E-state index in [1.54, 1.807) is 6.08 Å². The number of hydrogen-bond donors (Lipinski definition) is 12. The minimum atomic E-state index is -1.89. The first-order chi connectivity index (χ1) is 30.9. The number of esters is 1. The predicted molar refractivity (Wildman–Crippen MR) is 219 cm³/mol. The third-order valence-corrected chi connectivity index (χ3v) is 14.7. The number of aliphatic hydroxyl groups is 14. The van der Waals surface area contributed by atoms with Crippen molar-refractivity contribution in [3.63, 3.8) is 0 Å². The van der Waals surface area contributed by atoms with Gasteiger partial charge in [-0.3, -0.25) is 0 Å². The summed E-state index contributed by atoms with van der Waals surface area (Å²) in [6.45, 7) is -1.61. The summed E-state index contributed by atoms with van der Waals surface area (Å²) in [5.74, 6) is -1.30. The maximum absolute atomic E-state index is 12.7. The topological polar surface area (TPSA) is 340 Å². The van der Waals surface area contributed by atoms with Gasteiger partial charge in [0.15, 0.2) is 31.1 Å². The Bertz CT molecular complexity index is 1540. The molecule has 374 valence electrons. The number of ether oxygens (including phenoxy) is 8. The molecule has 9 unspecified atom stereocenters. The maximum atomic E-state index is 12.7. The van der Waals surface area contributed by atoms with Crippen LogP contribution >= 0.6 is 0 Å². The van der Waals surface area contributed by atoms with Gasteiger partial charge in [0.05, 0.1) is 43.5 Å². The van der Waals surface area contributed by atoms with Gasteiger partial charge in [-0.2, -0.15) is 0 Å². The molecule has 4 heterocycles. The van der Waals surface area contributed by atoms with E-state index in [1.807, 2.05) is 14.1 Å². The summed E-state index contributed by atoms with van der Waals surface area (Å²) >= 11 is 0. The van der Waals surface area contributed by atoms with Crippen molar-refractivity contribution in [2.24, 2.45) is 17.8 Å². The molecule has 65 heavy (non-hydrogen) atoms. The number of carbonyl (C=O) groups excluding carboxylic acids is 1. The molecule has 3 aliphatic carbocycles. The van der Waals surface area contributed by atoms with E-state index in [9.17, 15) is 66.1 Å². The molecule has 0 bridgehead atoms. The summed E-state index contributed by atoms with van der Waals surface area (Å²) < 4.78 is 46.2. The van der Waals surface area contributed by atoms with Crippen LogP contribution in [-0.2, 0) is 38.0 Å². The lowest BCUT2D eigenvalue weighted by atomic mass is 9.72. The third kappa shape index (κ3) is 12.1. The van der Waals surface area contributed by atoms with E-state index in [0.717, 1.165) is 25.7 Å². The van der Waals surface area contributed by atoms with Crippen LogP contribution in [0.4, 0.5) is 0 Å². The zero-order valence-electron chi connectivity index (χ0n) is 36.8. The summed E-state index contributed by atoms with van der Waals surface area (Å²) in [5.41, 5.74) is 0. The Hall–Kier alpha value is -1.59. The molecule has 7 fully saturated rings. The van der Waals surface area contributed by atoms with Crippen LogP contribution in [0.2, 0.25) is 0 Å². The normalized spacial score (nSPS) is 50.0. The molecule has 0 spiro atoms. The highest BCUT2D eigenvalue weighted by Crippen LogP contribution is 2.43. The Balaban J connectivity index is 1.04. The zero-order chi connectivity index (χ0) is 46.9. The van der Waals surface area contributed by atoms with Gasteiger partial charge in [0, 0.05) is 30.9 Å². The third-order valence-electron chi connectivity index (χ3n) is 14.7. The van der Waals surface area contributed by atoms with Gasteiger partial charge in [-0.1, -0.05) is 6.08 Å². The second-order valence-electron chi connectivity index (χ2n) is 19.4. The second-order valence-corrected chi connectivity index (χ2v) is 19.4. The number of rotatable bonds is 13. The number of allylic oxidation sites excluding steroid dienone is 1. The Morgan fingerprint density at radius 3 is 2.03 bits per heavy atom. The number of hydrogen-bond acceptors (Lipinski definition) is 21. The van der Waals surface area contributed by atoms with Crippen LogP contribution in [0.25, 0.3) is 0 Å². The first-order valence-electron chi connectivity index (χ1n) is 23.1. The average Bonchev–Trinajstić information content (AvgIpc) is 3.28. The van der Waals surface area contributed by atoms with Crippen molar-refractivity contribution in [1.29, 1.82) is 0 Å². The SMILES string of the molecule is CN(C)C1CCC(C=CC(=O)OC[C@H]2O[C@@H](OC[C@H]3O[C@@H](OC4CC5C(O)CC(O)CC5[OH+]C4C4CCC(O)C(O)C4)[C@H](O[C@@H]4OC[C@@H](O)[C@H](O)[C@H]4O)[C@@H](O)[C@H]3O)[C@H](O)[C@@H](O)[C@@H]2O)CC1. The van der Waals surface area contributed by atoms with Gasteiger partial charge in [0.2, 0.25) is 0 Å². The monoisotopic (exact) mass is 938 g/mol. The van der Waals surface area contributed by atoms with Gasteiger partial charge in [-0.05, 0) is 71.4 Å². The van der Waals surface area contributed by atoms with Gasteiger partial charge in [0.25, 0.3) is 0 Å². The van der Waals surface area contributed by atoms with Crippen LogP contribution in [-0.4, -0.2) is 246 Å². The fourth-order valence-corrected chi connectivity index (χ4v) is 10.6. The van der Waals surface area contributed by atoms with E-state index >= 15 is 0 Å². The minimum Gasteiger partial charge on any atom is -0.460 e. The van der Waals surface area contributed by atoms with E-state index < -0.39 is 160 Å². The first kappa shape index (κ1) is 51.3. The molecule has 0 aromatic heterocycles. The molecule has 13 N–H and O–H groups in total. The molecule has 0 aromatic carbocycles. The van der Waals surface area contributed by atoms with E-state index in [0.29, 0.717) is 12.5 Å². The smallest absolute Gasteiger partial charge is 0.330 e. The molecule has 0 amide bonds. The lowest BCUT2D eigenvalue weighted by molar-refractivity contribution is -0.385. The summed E-state index contributed by atoms with van der Waals surface area (Å²) in [6, 6.07) is 0.485. The minimum absolute atomic E-state index is 0.100. The predicted octanol–water partition coefficient (Wildman–Crippen LogP) is -4.99. The summed E-state index contributed by atoms with van der Waals surface area (Å²) in [5, 5.41) is 129. The summed E-state index contributed by atoms with van der Waals surface area (Å²) in [6.07, 6.45) is -21.0. The van der Waals surface area contributed by atoms with Crippen molar-refractivity contribution in [2.75, 3.05) is 33.9 Å². The average molecular weight is 939 g/mol. The molecular formula is C43H72NO21+. The van der Waals surface area contributed by atoms with Crippen molar-refractivity contribution in [3.8, 4) is 0 Å². The van der Waals surface area contributed by atoms with Crippen LogP contribution < -0.4 is 0 Å². The Kier molecular flexibility index (Phi) is 17.7. The standard InChI is InChI=1S/C43H71NO21/c1-44(2)20-7-3-18(4-8-20)5-10-31(50)58-16-29-33(52)35(54)38(57)41(63-29)60-17-30-34(53)36(55)40(65-42-37(56)32(51)26(49)15-59-42)43(64-30)62-28-14-22-24(47)12-21(45)13-27(22)61-39(28)19-6-9-23(46)25(48)11-19/h5,10,18-30,32-43,45-49,51-57H,3-4,6-9,11-17H2,1-2H3/p+1/t18?,19?,20?,21?,22?,23?,24?,25?,26-,27?,28?,29-,30-,32+,33-,34+,35+,36+,37-,38-,39?,40-,41-,42+,43-/m1/s1. The number of carbonyl (C=O) groups is 1. The van der Waals surface area contributed by atoms with Gasteiger partial charge in [-0.15, -0.1) is 0 Å². The molecule has 22 heteroatoms. The van der Waals surface area contributed by atoms with Gasteiger partial charge in [0.1, 0.15) is 79.9 Å². The molecule has 4 aliphatic heterocycles. The molecule has 7 rings (SSSR count). The van der Waals surface area contributed by atoms with E-state index in [1.165, 1.54) is 6.08 Å². The molecule has 0 radical (unpaired) electrons. The zero-order valence-corrected chi connectivity index (χ0v) is 36.8. The maximum Gasteiger partial charge on any atom is 0.330 e. The van der Waals surface area contributed by atoms with E-state index in [2.05, 4.69) is 4.90 Å². The first-order valence-corrected chi connectivity index (χ1v) is 23.1. The highest BCUT2D eigenvalue weighted by molar-refractivity contribution is 5.81. The number of nitrogens with zero attached hydrogens (tertiary/aromatic N) is 1. The van der Waals surface area contributed by atoms with Crippen LogP contribution in [0.1, 0.15) is 64.2 Å². The van der Waals surface area contributed by atoms with Gasteiger partial charge < -0.3 is 104 Å².